The summed E-state index contributed by atoms with van der Waals surface area (Å²) in [6.45, 7) is 7.86. The molecule has 5 atom stereocenters. The number of hydrogen-bond acceptors (Lipinski definition) is 7. The second-order valence-corrected chi connectivity index (χ2v) is 10.1. The predicted molar refractivity (Wildman–Crippen MR) is 136 cm³/mol. The van der Waals surface area contributed by atoms with Gasteiger partial charge in [0.25, 0.3) is 0 Å². The Morgan fingerprint density at radius 3 is 2.00 bits per heavy atom. The van der Waals surface area contributed by atoms with Gasteiger partial charge in [-0.25, -0.2) is 4.79 Å². The number of carbonyl (C=O) groups excluding carboxylic acids is 3. The van der Waals surface area contributed by atoms with E-state index in [0.29, 0.717) is 45.1 Å². The number of nitrogens with one attached hydrogen (secondary N) is 3. The zero-order valence-electron chi connectivity index (χ0n) is 21.3. The minimum Gasteiger partial charge on any atom is -0.480 e. The van der Waals surface area contributed by atoms with Crippen molar-refractivity contribution in [2.75, 3.05) is 18.6 Å². The molecule has 11 heteroatoms. The lowest BCUT2D eigenvalue weighted by Crippen LogP contribution is -2.58. The highest BCUT2D eigenvalue weighted by Gasteiger charge is 2.32. The van der Waals surface area contributed by atoms with E-state index in [1.807, 2.05) is 27.0 Å². The van der Waals surface area contributed by atoms with E-state index in [1.54, 1.807) is 18.7 Å². The molecule has 0 unspecified atom stereocenters. The van der Waals surface area contributed by atoms with E-state index in [2.05, 4.69) is 16.0 Å². The molecule has 0 spiro atoms. The number of unbranched alkanes of at least 4 members (excludes halogenated alkanes) is 1. The third-order valence-electron chi connectivity index (χ3n) is 5.67. The summed E-state index contributed by atoms with van der Waals surface area (Å²) in [5.74, 6) is -2.10. The first-order valence-electron chi connectivity index (χ1n) is 12.1. The van der Waals surface area contributed by atoms with E-state index in [4.69, 9.17) is 11.5 Å². The molecule has 0 aliphatic rings. The maximum absolute atomic E-state index is 13.1. The molecule has 10 nitrogen and oxygen atoms in total. The van der Waals surface area contributed by atoms with Gasteiger partial charge in [-0.1, -0.05) is 34.1 Å². The summed E-state index contributed by atoms with van der Waals surface area (Å²) in [7, 11) is 0. The normalized spacial score (nSPS) is 15.6. The van der Waals surface area contributed by atoms with Crippen LogP contribution in [0.1, 0.15) is 66.2 Å². The van der Waals surface area contributed by atoms with Gasteiger partial charge < -0.3 is 32.5 Å². The molecule has 3 amide bonds. The Hall–Kier alpha value is -1.85. The first kappa shape index (κ1) is 32.1. The standard InChI is InChI=1S/C23H45N5O5S/c1-6-15(4)19(23(32)33)28-22(31)18(13-14(2)3)27-21(30)17(9-7-8-11-24)26-20(29)16(25)10-12-34-5/h14-19H,6-13,24-25H2,1-5H3,(H,26,29)(H,27,30)(H,28,31)(H,32,33)/t15-,16-,17-,18-,19-/m0/s1. The average Bonchev–Trinajstić information content (AvgIpc) is 2.78. The molecule has 0 heterocycles. The third kappa shape index (κ3) is 12.6. The third-order valence-corrected chi connectivity index (χ3v) is 6.31. The van der Waals surface area contributed by atoms with Gasteiger partial charge in [0.15, 0.2) is 0 Å². The Morgan fingerprint density at radius 2 is 1.50 bits per heavy atom. The van der Waals surface area contributed by atoms with Crippen molar-refractivity contribution < 1.29 is 24.3 Å². The van der Waals surface area contributed by atoms with E-state index in [1.165, 1.54) is 0 Å². The van der Waals surface area contributed by atoms with Crippen molar-refractivity contribution in [3.63, 3.8) is 0 Å². The van der Waals surface area contributed by atoms with Gasteiger partial charge in [0.2, 0.25) is 17.7 Å². The molecule has 0 radical (unpaired) electrons. The maximum atomic E-state index is 13.1. The minimum absolute atomic E-state index is 0.0631. The molecule has 0 aromatic heterocycles. The fraction of sp³-hybridized carbons (Fsp3) is 0.826. The quantitative estimate of drug-likeness (QED) is 0.149. The van der Waals surface area contributed by atoms with Crippen LogP contribution in [0.3, 0.4) is 0 Å². The molecule has 0 rings (SSSR count). The highest BCUT2D eigenvalue weighted by molar-refractivity contribution is 7.98. The van der Waals surface area contributed by atoms with Crippen LogP contribution in [0, 0.1) is 11.8 Å². The topological polar surface area (TPSA) is 177 Å². The van der Waals surface area contributed by atoms with Crippen LogP contribution in [-0.4, -0.2) is 71.5 Å². The summed E-state index contributed by atoms with van der Waals surface area (Å²) in [5.41, 5.74) is 11.5. The van der Waals surface area contributed by atoms with Gasteiger partial charge in [0.05, 0.1) is 6.04 Å². The molecule has 0 fully saturated rings. The molecule has 0 bridgehead atoms. The highest BCUT2D eigenvalue weighted by atomic mass is 32.2. The lowest BCUT2D eigenvalue weighted by atomic mass is 9.97. The Morgan fingerprint density at radius 1 is 0.912 bits per heavy atom. The largest absolute Gasteiger partial charge is 0.480 e. The second kappa shape index (κ2) is 17.6. The van der Waals surface area contributed by atoms with Crippen LogP contribution >= 0.6 is 11.8 Å². The summed E-state index contributed by atoms with van der Waals surface area (Å²) < 4.78 is 0. The Balaban J connectivity index is 5.50. The van der Waals surface area contributed by atoms with Crippen molar-refractivity contribution in [3.05, 3.63) is 0 Å². The van der Waals surface area contributed by atoms with E-state index >= 15 is 0 Å². The van der Waals surface area contributed by atoms with E-state index < -0.39 is 47.9 Å². The van der Waals surface area contributed by atoms with E-state index in [9.17, 15) is 24.3 Å². The van der Waals surface area contributed by atoms with Crippen molar-refractivity contribution in [1.82, 2.24) is 16.0 Å². The second-order valence-electron chi connectivity index (χ2n) is 9.13. The van der Waals surface area contributed by atoms with Crippen molar-refractivity contribution in [3.8, 4) is 0 Å². The summed E-state index contributed by atoms with van der Waals surface area (Å²) >= 11 is 1.58. The van der Waals surface area contributed by atoms with Crippen LogP contribution in [0.15, 0.2) is 0 Å². The zero-order valence-corrected chi connectivity index (χ0v) is 22.1. The molecule has 0 saturated carbocycles. The van der Waals surface area contributed by atoms with Crippen molar-refractivity contribution in [2.24, 2.45) is 23.3 Å². The first-order valence-corrected chi connectivity index (χ1v) is 13.5. The van der Waals surface area contributed by atoms with Gasteiger partial charge in [-0.15, -0.1) is 0 Å². The van der Waals surface area contributed by atoms with Crippen LogP contribution < -0.4 is 27.4 Å². The fourth-order valence-electron chi connectivity index (χ4n) is 3.33. The van der Waals surface area contributed by atoms with E-state index in [-0.39, 0.29) is 11.8 Å². The molecular formula is C23H45N5O5S. The fourth-order valence-corrected chi connectivity index (χ4v) is 3.82. The summed E-state index contributed by atoms with van der Waals surface area (Å²) in [5, 5.41) is 17.5. The molecule has 0 saturated heterocycles. The van der Waals surface area contributed by atoms with Crippen LogP contribution in [-0.2, 0) is 19.2 Å². The van der Waals surface area contributed by atoms with Crippen molar-refractivity contribution >= 4 is 35.5 Å². The lowest BCUT2D eigenvalue weighted by Gasteiger charge is -2.27. The van der Waals surface area contributed by atoms with Gasteiger partial charge >= 0.3 is 5.97 Å². The smallest absolute Gasteiger partial charge is 0.326 e. The number of hydrogen-bond donors (Lipinski definition) is 6. The first-order chi connectivity index (χ1) is 16.0. The molecule has 0 aromatic rings. The van der Waals surface area contributed by atoms with Gasteiger partial charge in [-0.05, 0) is 62.5 Å². The number of thioether (sulfide) groups is 1. The average molecular weight is 504 g/mol. The van der Waals surface area contributed by atoms with Gasteiger partial charge in [0.1, 0.15) is 18.1 Å². The van der Waals surface area contributed by atoms with Gasteiger partial charge in [-0.2, -0.15) is 11.8 Å². The molecule has 8 N–H and O–H groups in total. The van der Waals surface area contributed by atoms with Crippen LogP contribution in [0.2, 0.25) is 0 Å². The summed E-state index contributed by atoms with van der Waals surface area (Å²) in [6, 6.07) is -3.60. The highest BCUT2D eigenvalue weighted by Crippen LogP contribution is 2.12. The zero-order chi connectivity index (χ0) is 26.3. The Bertz CT molecular complexity index is 649. The predicted octanol–water partition coefficient (Wildman–Crippen LogP) is 0.827. The number of amides is 3. The van der Waals surface area contributed by atoms with E-state index in [0.717, 1.165) is 5.75 Å². The van der Waals surface area contributed by atoms with Gasteiger partial charge in [-0.3, -0.25) is 14.4 Å². The van der Waals surface area contributed by atoms with Crippen LogP contribution in [0.25, 0.3) is 0 Å². The molecule has 198 valence electrons. The Labute approximate surface area is 208 Å². The number of aliphatic carboxylic acids is 1. The number of carboxylic acid groups (broad SMARTS) is 1. The molecule has 0 aliphatic carbocycles. The van der Waals surface area contributed by atoms with Crippen LogP contribution in [0.5, 0.6) is 0 Å². The number of carboxylic acids is 1. The molecule has 0 aromatic carbocycles. The summed E-state index contributed by atoms with van der Waals surface area (Å²) in [6.07, 6.45) is 4.95. The summed E-state index contributed by atoms with van der Waals surface area (Å²) in [4.78, 5) is 50.3. The minimum atomic E-state index is -1.12. The van der Waals surface area contributed by atoms with Crippen molar-refractivity contribution in [2.45, 2.75) is 90.4 Å². The monoisotopic (exact) mass is 503 g/mol. The number of carbonyl (C=O) groups is 4. The lowest BCUT2D eigenvalue weighted by molar-refractivity contribution is -0.144. The Kier molecular flexibility index (Phi) is 16.6. The maximum Gasteiger partial charge on any atom is 0.326 e. The number of nitrogens with two attached hydrogens (primary N) is 2. The van der Waals surface area contributed by atoms with Crippen molar-refractivity contribution in [1.29, 1.82) is 0 Å². The van der Waals surface area contributed by atoms with Gasteiger partial charge in [0, 0.05) is 0 Å². The molecule has 0 aliphatic heterocycles. The SMILES string of the molecule is CC[C@H](C)[C@H](NC(=O)[C@H](CC(C)C)NC(=O)[C@H](CCCCN)NC(=O)[C@@H](N)CCSC)C(=O)O. The molecular weight excluding hydrogens is 458 g/mol. The molecule has 34 heavy (non-hydrogen) atoms. The number of rotatable bonds is 18. The van der Waals surface area contributed by atoms with Crippen LogP contribution in [0.4, 0.5) is 0 Å².